The molecule has 0 spiro atoms. The maximum atomic E-state index is 13.6. The molecule has 3 N–H and O–H groups in total. The third-order valence-corrected chi connectivity index (χ3v) is 5.82. The molecule has 0 saturated carbocycles. The second-order valence-electron chi connectivity index (χ2n) is 4.16. The Hall–Kier alpha value is -0.960. The van der Waals surface area contributed by atoms with E-state index in [2.05, 4.69) is 20.7 Å². The van der Waals surface area contributed by atoms with Crippen LogP contribution in [0.25, 0.3) is 0 Å². The second-order valence-corrected chi connectivity index (χ2v) is 8.44. The Morgan fingerprint density at radius 2 is 2.10 bits per heavy atom. The van der Waals surface area contributed by atoms with E-state index in [1.165, 1.54) is 24.3 Å². The zero-order valence-electron chi connectivity index (χ0n) is 10.5. The molecule has 0 aliphatic heterocycles. The minimum absolute atomic E-state index is 0.0547. The van der Waals surface area contributed by atoms with Gasteiger partial charge in [-0.2, -0.15) is 0 Å². The highest BCUT2D eigenvalue weighted by Crippen LogP contribution is 2.24. The topological polar surface area (TPSA) is 72.2 Å². The van der Waals surface area contributed by atoms with Gasteiger partial charge in [-0.05, 0) is 47.1 Å². The number of hydrogen-bond acceptors (Lipinski definition) is 4. The van der Waals surface area contributed by atoms with Crippen LogP contribution in [0, 0.1) is 12.7 Å². The average molecular weight is 379 g/mol. The van der Waals surface area contributed by atoms with E-state index >= 15 is 0 Å². The quantitative estimate of drug-likeness (QED) is 0.803. The van der Waals surface area contributed by atoms with Crippen molar-refractivity contribution in [2.75, 3.05) is 5.73 Å². The van der Waals surface area contributed by atoms with E-state index in [1.54, 1.807) is 0 Å². The normalized spacial score (nSPS) is 11.8. The largest absolute Gasteiger partial charge is 0.399 e. The molecule has 0 radical (unpaired) electrons. The van der Waals surface area contributed by atoms with Crippen LogP contribution in [0.1, 0.15) is 10.4 Å². The van der Waals surface area contributed by atoms with Crippen molar-refractivity contribution in [2.24, 2.45) is 0 Å². The van der Waals surface area contributed by atoms with Gasteiger partial charge in [0.05, 0.1) is 8.68 Å². The molecule has 0 amide bonds. The number of nitrogen functional groups attached to an aromatic ring is 1. The zero-order chi connectivity index (χ0) is 14.9. The lowest BCUT2D eigenvalue weighted by molar-refractivity contribution is 0.575. The van der Waals surface area contributed by atoms with E-state index in [0.29, 0.717) is 0 Å². The predicted molar refractivity (Wildman–Crippen MR) is 81.6 cm³/mol. The SMILES string of the molecule is Cc1c(F)cc(N)cc1S(=O)(=O)NCc1ccc(Br)s1. The highest BCUT2D eigenvalue weighted by Gasteiger charge is 2.19. The molecule has 0 fully saturated rings. The van der Waals surface area contributed by atoms with E-state index < -0.39 is 15.8 Å². The number of thiophene rings is 1. The van der Waals surface area contributed by atoms with Crippen LogP contribution in [-0.2, 0) is 16.6 Å². The lowest BCUT2D eigenvalue weighted by Crippen LogP contribution is -2.24. The highest BCUT2D eigenvalue weighted by molar-refractivity contribution is 9.11. The summed E-state index contributed by atoms with van der Waals surface area (Å²) in [5, 5.41) is 0. The van der Waals surface area contributed by atoms with Crippen molar-refractivity contribution in [3.8, 4) is 0 Å². The van der Waals surface area contributed by atoms with Crippen LogP contribution in [0.3, 0.4) is 0 Å². The fourth-order valence-corrected chi connectivity index (χ4v) is 4.45. The smallest absolute Gasteiger partial charge is 0.241 e. The lowest BCUT2D eigenvalue weighted by atomic mass is 10.2. The van der Waals surface area contributed by atoms with Gasteiger partial charge in [0.2, 0.25) is 10.0 Å². The molecule has 20 heavy (non-hydrogen) atoms. The molecule has 1 aromatic carbocycles. The van der Waals surface area contributed by atoms with Gasteiger partial charge in [0.15, 0.2) is 0 Å². The lowest BCUT2D eigenvalue weighted by Gasteiger charge is -2.10. The van der Waals surface area contributed by atoms with Crippen LogP contribution in [0.15, 0.2) is 32.9 Å². The third kappa shape index (κ3) is 3.38. The molecule has 4 nitrogen and oxygen atoms in total. The molecule has 108 valence electrons. The summed E-state index contributed by atoms with van der Waals surface area (Å²) < 4.78 is 41.3. The first-order valence-electron chi connectivity index (χ1n) is 5.59. The molecule has 0 bridgehead atoms. The number of benzene rings is 1. The number of sulfonamides is 1. The molecule has 0 unspecified atom stereocenters. The van der Waals surface area contributed by atoms with Gasteiger partial charge in [-0.1, -0.05) is 0 Å². The molecular weight excluding hydrogens is 367 g/mol. The maximum Gasteiger partial charge on any atom is 0.241 e. The minimum atomic E-state index is -3.80. The van der Waals surface area contributed by atoms with Crippen molar-refractivity contribution in [3.05, 3.63) is 44.3 Å². The molecule has 2 aromatic rings. The minimum Gasteiger partial charge on any atom is -0.399 e. The summed E-state index contributed by atoms with van der Waals surface area (Å²) >= 11 is 4.73. The number of nitrogens with two attached hydrogens (primary N) is 1. The highest BCUT2D eigenvalue weighted by atomic mass is 79.9. The predicted octanol–water partition coefficient (Wildman–Crippen LogP) is 3.02. The summed E-state index contributed by atoms with van der Waals surface area (Å²) in [5.41, 5.74) is 5.63. The van der Waals surface area contributed by atoms with Gasteiger partial charge in [0.25, 0.3) is 0 Å². The van der Waals surface area contributed by atoms with Gasteiger partial charge in [0.1, 0.15) is 5.82 Å². The molecule has 2 rings (SSSR count). The van der Waals surface area contributed by atoms with E-state index in [1.807, 2.05) is 12.1 Å². The summed E-state index contributed by atoms with van der Waals surface area (Å²) in [6.45, 7) is 1.56. The molecule has 1 aromatic heterocycles. The summed E-state index contributed by atoms with van der Waals surface area (Å²) in [6, 6.07) is 6.00. The fraction of sp³-hybridized carbons (Fsp3) is 0.167. The van der Waals surface area contributed by atoms with Crippen LogP contribution >= 0.6 is 27.3 Å². The van der Waals surface area contributed by atoms with E-state index in [9.17, 15) is 12.8 Å². The van der Waals surface area contributed by atoms with Crippen molar-refractivity contribution >= 4 is 43.0 Å². The van der Waals surface area contributed by atoms with Crippen LogP contribution in [0.4, 0.5) is 10.1 Å². The van der Waals surface area contributed by atoms with Gasteiger partial charge >= 0.3 is 0 Å². The van der Waals surface area contributed by atoms with Crippen molar-refractivity contribution in [3.63, 3.8) is 0 Å². The average Bonchev–Trinajstić information content (AvgIpc) is 2.77. The van der Waals surface area contributed by atoms with Gasteiger partial charge in [-0.25, -0.2) is 17.5 Å². The number of rotatable bonds is 4. The van der Waals surface area contributed by atoms with Crippen molar-refractivity contribution in [2.45, 2.75) is 18.4 Å². The second kappa shape index (κ2) is 5.80. The fourth-order valence-electron chi connectivity index (χ4n) is 1.64. The van der Waals surface area contributed by atoms with Crippen molar-refractivity contribution in [1.29, 1.82) is 0 Å². The number of halogens is 2. The van der Waals surface area contributed by atoms with E-state index in [-0.39, 0.29) is 22.7 Å². The molecule has 0 aliphatic rings. The Balaban J connectivity index is 2.27. The first-order valence-corrected chi connectivity index (χ1v) is 8.68. The van der Waals surface area contributed by atoms with Crippen LogP contribution in [0.5, 0.6) is 0 Å². The molecule has 0 saturated heterocycles. The van der Waals surface area contributed by atoms with Crippen LogP contribution in [0.2, 0.25) is 0 Å². The standard InChI is InChI=1S/C12H12BrFN2O2S2/c1-7-10(14)4-8(15)5-11(7)20(17,18)16-6-9-2-3-12(13)19-9/h2-5,16H,6,15H2,1H3. The van der Waals surface area contributed by atoms with Crippen LogP contribution < -0.4 is 10.5 Å². The summed E-state index contributed by atoms with van der Waals surface area (Å²) in [6.07, 6.45) is 0. The van der Waals surface area contributed by atoms with Crippen molar-refractivity contribution < 1.29 is 12.8 Å². The Kier molecular flexibility index (Phi) is 4.48. The van der Waals surface area contributed by atoms with Gasteiger partial charge in [-0.15, -0.1) is 11.3 Å². The third-order valence-electron chi connectivity index (χ3n) is 2.67. The maximum absolute atomic E-state index is 13.6. The number of nitrogens with one attached hydrogen (secondary N) is 1. The first-order chi connectivity index (χ1) is 9.29. The molecular formula is C12H12BrFN2O2S2. The van der Waals surface area contributed by atoms with Gasteiger partial charge in [0, 0.05) is 22.7 Å². The van der Waals surface area contributed by atoms with Gasteiger partial charge < -0.3 is 5.73 Å². The molecule has 1 heterocycles. The molecule has 8 heteroatoms. The van der Waals surface area contributed by atoms with Crippen LogP contribution in [-0.4, -0.2) is 8.42 Å². The molecule has 0 atom stereocenters. The number of anilines is 1. The zero-order valence-corrected chi connectivity index (χ0v) is 13.7. The van der Waals surface area contributed by atoms with E-state index in [4.69, 9.17) is 5.73 Å². The summed E-state index contributed by atoms with van der Waals surface area (Å²) in [7, 11) is -3.80. The Bertz CT molecular complexity index is 744. The Labute approximate surface area is 129 Å². The monoisotopic (exact) mass is 378 g/mol. The summed E-state index contributed by atoms with van der Waals surface area (Å²) in [5.74, 6) is -0.635. The number of hydrogen-bond donors (Lipinski definition) is 2. The summed E-state index contributed by atoms with van der Waals surface area (Å²) in [4.78, 5) is 0.716. The van der Waals surface area contributed by atoms with E-state index in [0.717, 1.165) is 14.7 Å². The Morgan fingerprint density at radius 1 is 1.40 bits per heavy atom. The first kappa shape index (κ1) is 15.4. The van der Waals surface area contributed by atoms with Crippen molar-refractivity contribution in [1.82, 2.24) is 4.72 Å². The molecule has 0 aliphatic carbocycles. The van der Waals surface area contributed by atoms with Gasteiger partial charge in [-0.3, -0.25) is 0 Å². The Morgan fingerprint density at radius 3 is 2.70 bits per heavy atom.